The highest BCUT2D eigenvalue weighted by Gasteiger charge is 2.27. The van der Waals surface area contributed by atoms with E-state index < -0.39 is 0 Å². The third-order valence-corrected chi connectivity index (χ3v) is 24.0. The van der Waals surface area contributed by atoms with Crippen molar-refractivity contribution in [1.82, 2.24) is 105 Å². The fourth-order valence-electron chi connectivity index (χ4n) is 15.2. The Balaban J connectivity index is 0.000000115. The number of fused-ring (bicyclic) bond motifs is 5. The third kappa shape index (κ3) is 18.8. The molecular formula is C100H78Cl6N22O3. The SMILES string of the molecule is CCC(=O)c1ccc(-c2nn(C)c3nnc(-c4ccccc4)c(Cl)c23)cc1.COc1ccc(-c2nn(C)c3nnc(-c4ccccc4)c(Cl)c23)cc1.Clc1c(-c2ccccc2)nnc2c1c(-c1ccccc1)nn2CCN1CCOCC1.Cn1nc(-c2ccc(C#N)cc2)c2c(Cl)c(-c3ccccc3)nnc21.Cn1nc(-c2ccc(Cl)cc2)c2c(Cl)c(-c3ccccc3)nnc21. The fourth-order valence-corrected chi connectivity index (χ4v) is 16.9. The standard InChI is InChI=1S/C23H22ClN5O.C21H17ClN4O.C19H12ClN5.C19H15ClN4O.C18H12Cl2N4/c24-20-19-21(17-7-3-1-4-8-17)27-29(12-11-28-13-15-30-16-14-28)23(19)26-25-22(20)18-9-5-2-6-10-18;1-3-16(27)13-9-11-15(12-10-13)19-17-18(22)20(14-7-5-4-6-8-14)23-24-21(17)26(2)25-19;1-25-19-15(17(24-25)14-9-7-12(11-21)8-10-14)16(20)18(22-23-19)13-5-3-2-4-6-13;1-24-19-15(17(23-24)13-8-10-14(25-2)11-9-13)16(20)18(21-22-19)12-6-4-3-5-7-12;1-24-18-14(16(23-24)12-7-9-13(19)10-8-12)15(20)17(21-22-18)11-5-3-2-4-6-11/h1-10H,11-16H2;4-12H,3H2,1-2H3;2-10H,1H3;3-11H,1-2H3;2-10H,1H3. The topological polar surface area (TPSA) is 281 Å². The highest BCUT2D eigenvalue weighted by atomic mass is 35.5. The van der Waals surface area contributed by atoms with Crippen molar-refractivity contribution in [3.8, 4) is 124 Å². The Morgan fingerprint density at radius 1 is 0.336 bits per heavy atom. The largest absolute Gasteiger partial charge is 0.497 e. The molecule has 0 aliphatic carbocycles. The van der Waals surface area contributed by atoms with Gasteiger partial charge in [0.1, 0.15) is 62.7 Å². The summed E-state index contributed by atoms with van der Waals surface area (Å²) >= 11 is 39.7. The number of rotatable bonds is 16. The summed E-state index contributed by atoms with van der Waals surface area (Å²) in [6, 6.07) is 91.0. The van der Waals surface area contributed by atoms with Crippen LogP contribution in [0.3, 0.4) is 0 Å². The number of benzene rings is 10. The van der Waals surface area contributed by atoms with Gasteiger partial charge in [0, 0.05) is 120 Å². The number of methoxy groups -OCH3 is 1. The summed E-state index contributed by atoms with van der Waals surface area (Å²) in [4.78, 5) is 14.3. The van der Waals surface area contributed by atoms with Gasteiger partial charge in [-0.2, -0.15) is 30.8 Å². The van der Waals surface area contributed by atoms with E-state index in [-0.39, 0.29) is 5.78 Å². The number of hydrogen-bond acceptors (Lipinski definition) is 20. The number of nitrogens with zero attached hydrogens (tertiary/aromatic N) is 22. The molecule has 0 radical (unpaired) electrons. The van der Waals surface area contributed by atoms with Crippen molar-refractivity contribution >= 4 is 131 Å². The Labute approximate surface area is 782 Å². The molecule has 0 bridgehead atoms. The van der Waals surface area contributed by atoms with E-state index in [1.54, 1.807) is 38.0 Å². The second-order valence-electron chi connectivity index (χ2n) is 30.2. The van der Waals surface area contributed by atoms with Gasteiger partial charge in [-0.15, -0.1) is 51.0 Å². The predicted molar refractivity (Wildman–Crippen MR) is 518 cm³/mol. The maximum absolute atomic E-state index is 11.9. The number of morpholine rings is 1. The van der Waals surface area contributed by atoms with Crippen LogP contribution in [0.4, 0.5) is 0 Å². The lowest BCUT2D eigenvalue weighted by atomic mass is 10.0. The first-order valence-corrected chi connectivity index (χ1v) is 43.9. The van der Waals surface area contributed by atoms with E-state index in [0.717, 1.165) is 156 Å². The van der Waals surface area contributed by atoms with Gasteiger partial charge < -0.3 is 9.47 Å². The minimum Gasteiger partial charge on any atom is -0.497 e. The zero-order valence-electron chi connectivity index (χ0n) is 71.3. The third-order valence-electron chi connectivity index (χ3n) is 21.9. The van der Waals surface area contributed by atoms with E-state index in [0.29, 0.717) is 104 Å². The smallest absolute Gasteiger partial charge is 0.182 e. The molecule has 25 nitrogen and oxygen atoms in total. The molecular weight excluding hydrogens is 1770 g/mol. The number of carbonyl (C=O) groups is 1. The molecule has 1 aliphatic rings. The summed E-state index contributed by atoms with van der Waals surface area (Å²) in [5.41, 5.74) is 20.8. The number of Topliss-reactive ketones (excluding diaryl/α,β-unsaturated/α-hetero) is 1. The molecule has 21 rings (SSSR count). The van der Waals surface area contributed by atoms with Gasteiger partial charge in [-0.1, -0.05) is 307 Å². The lowest BCUT2D eigenvalue weighted by molar-refractivity contribution is 0.0361. The Hall–Kier alpha value is -14.4. The monoisotopic (exact) mass is 1840 g/mol. The van der Waals surface area contributed by atoms with E-state index in [4.69, 9.17) is 89.4 Å². The van der Waals surface area contributed by atoms with E-state index >= 15 is 0 Å². The summed E-state index contributed by atoms with van der Waals surface area (Å²) in [5, 5.41) is 83.1. The zero-order valence-corrected chi connectivity index (χ0v) is 75.9. The Morgan fingerprint density at radius 2 is 0.603 bits per heavy atom. The molecule has 0 unspecified atom stereocenters. The Bertz CT molecular complexity index is 7540. The van der Waals surface area contributed by atoms with Crippen LogP contribution in [0, 0.1) is 11.3 Å². The summed E-state index contributed by atoms with van der Waals surface area (Å²) in [6.45, 7) is 6.90. The van der Waals surface area contributed by atoms with E-state index in [1.807, 2.05) is 307 Å². The maximum Gasteiger partial charge on any atom is 0.182 e. The molecule has 648 valence electrons. The van der Waals surface area contributed by atoms with Crippen LogP contribution in [-0.4, -0.2) is 151 Å². The Morgan fingerprint density at radius 3 is 0.908 bits per heavy atom. The van der Waals surface area contributed by atoms with Crippen LogP contribution >= 0.6 is 69.6 Å². The molecule has 20 aromatic rings. The molecule has 0 spiro atoms. The quantitative estimate of drug-likeness (QED) is 0.0812. The summed E-state index contributed by atoms with van der Waals surface area (Å²) in [7, 11) is 8.93. The second-order valence-corrected chi connectivity index (χ2v) is 32.5. The number of aromatic nitrogens is 20. The van der Waals surface area contributed by atoms with Gasteiger partial charge in [0.25, 0.3) is 0 Å². The van der Waals surface area contributed by atoms with Crippen molar-refractivity contribution in [3.63, 3.8) is 0 Å². The first kappa shape index (κ1) is 88.6. The van der Waals surface area contributed by atoms with Gasteiger partial charge in [0.15, 0.2) is 34.0 Å². The van der Waals surface area contributed by atoms with Gasteiger partial charge in [-0.3, -0.25) is 9.69 Å². The molecule has 1 fully saturated rings. The number of ketones is 1. The van der Waals surface area contributed by atoms with E-state index in [2.05, 4.69) is 82.4 Å². The summed E-state index contributed by atoms with van der Waals surface area (Å²) < 4.78 is 19.3. The number of halogens is 6. The van der Waals surface area contributed by atoms with Gasteiger partial charge >= 0.3 is 0 Å². The predicted octanol–water partition coefficient (Wildman–Crippen LogP) is 22.7. The molecule has 0 atom stereocenters. The minimum atomic E-state index is 0.114. The molecule has 0 saturated carbocycles. The zero-order chi connectivity index (χ0) is 90.8. The maximum atomic E-state index is 11.9. The van der Waals surface area contributed by atoms with Crippen molar-refractivity contribution in [2.75, 3.05) is 40.0 Å². The molecule has 10 aromatic heterocycles. The highest BCUT2D eigenvalue weighted by Crippen LogP contribution is 2.44. The molecule has 31 heteroatoms. The van der Waals surface area contributed by atoms with Gasteiger partial charge in [0.2, 0.25) is 0 Å². The van der Waals surface area contributed by atoms with Gasteiger partial charge in [-0.05, 0) is 48.5 Å². The number of aryl methyl sites for hydroxylation is 4. The molecule has 1 aliphatic heterocycles. The summed E-state index contributed by atoms with van der Waals surface area (Å²) in [5.74, 6) is 0.905. The first-order valence-electron chi connectivity index (χ1n) is 41.6. The van der Waals surface area contributed by atoms with Crippen molar-refractivity contribution in [3.05, 3.63) is 320 Å². The first-order chi connectivity index (χ1) is 63.9. The van der Waals surface area contributed by atoms with Crippen LogP contribution in [0.15, 0.2) is 279 Å². The van der Waals surface area contributed by atoms with Crippen LogP contribution in [-0.2, 0) is 39.5 Å². The van der Waals surface area contributed by atoms with E-state index in [1.165, 1.54) is 0 Å². The number of nitriles is 1. The fraction of sp³-hybridized carbons (Fsp3) is 0.130. The number of hydrogen-bond donors (Lipinski definition) is 0. The normalized spacial score (nSPS) is 11.9. The number of ether oxygens (including phenoxy) is 2. The van der Waals surface area contributed by atoms with Gasteiger partial charge in [-0.25, -0.2) is 23.4 Å². The molecule has 1 saturated heterocycles. The minimum absolute atomic E-state index is 0.114. The lowest BCUT2D eigenvalue weighted by Crippen LogP contribution is -2.38. The van der Waals surface area contributed by atoms with Crippen LogP contribution in [0.5, 0.6) is 5.75 Å². The van der Waals surface area contributed by atoms with Crippen molar-refractivity contribution in [1.29, 1.82) is 5.26 Å². The van der Waals surface area contributed by atoms with Crippen LogP contribution in [0.2, 0.25) is 30.1 Å². The Kier molecular flexibility index (Phi) is 27.1. The van der Waals surface area contributed by atoms with Crippen molar-refractivity contribution in [2.24, 2.45) is 28.2 Å². The van der Waals surface area contributed by atoms with Crippen molar-refractivity contribution in [2.45, 2.75) is 19.9 Å². The highest BCUT2D eigenvalue weighted by molar-refractivity contribution is 6.41. The van der Waals surface area contributed by atoms with Crippen LogP contribution in [0.1, 0.15) is 29.3 Å². The molecule has 0 N–H and O–H groups in total. The summed E-state index contributed by atoms with van der Waals surface area (Å²) in [6.07, 6.45) is 0.480. The lowest BCUT2D eigenvalue weighted by Gasteiger charge is -2.26. The average Bonchev–Trinajstić information content (AvgIpc) is 1.65. The second kappa shape index (κ2) is 40.1. The average molecular weight is 1850 g/mol. The van der Waals surface area contributed by atoms with Crippen LogP contribution in [0.25, 0.3) is 168 Å². The van der Waals surface area contributed by atoms with Gasteiger partial charge in [0.05, 0.1) is 90.5 Å². The van der Waals surface area contributed by atoms with E-state index in [9.17, 15) is 4.79 Å². The molecule has 131 heavy (non-hydrogen) atoms. The van der Waals surface area contributed by atoms with Crippen molar-refractivity contribution < 1.29 is 14.3 Å². The number of carbonyl (C=O) groups excluding carboxylic acids is 1. The molecule has 10 aromatic carbocycles. The molecule has 11 heterocycles. The van der Waals surface area contributed by atoms with Crippen LogP contribution < -0.4 is 4.74 Å². The molecule has 0 amide bonds.